The molecule has 2 aromatic carbocycles. The third kappa shape index (κ3) is 5.46. The van der Waals surface area contributed by atoms with Crippen molar-refractivity contribution in [2.75, 3.05) is 44.9 Å². The summed E-state index contributed by atoms with van der Waals surface area (Å²) < 4.78 is 17.7. The molecule has 0 radical (unpaired) electrons. The van der Waals surface area contributed by atoms with Crippen molar-refractivity contribution in [1.82, 2.24) is 4.90 Å². The zero-order chi connectivity index (χ0) is 24.2. The molecule has 4 rings (SSSR count). The first-order chi connectivity index (χ1) is 16.4. The van der Waals surface area contributed by atoms with Crippen molar-refractivity contribution in [3.63, 3.8) is 0 Å². The summed E-state index contributed by atoms with van der Waals surface area (Å²) in [4.78, 5) is 29.3. The monoisotopic (exact) mass is 562 g/mol. The topological polar surface area (TPSA) is 68.3 Å². The standard InChI is InChI=1S/C24H23BrN2O5S2/c1-15-3-5-17(6-4-15)27-23(29)20(34-24(27)33)13-16-11-18(25)22(19(12-16)30-2)32-14-21(28)26-7-9-31-10-8-26/h3-6,11-13H,7-10,14H2,1-2H3/b20-13-. The van der Waals surface area contributed by atoms with Crippen LogP contribution in [0.2, 0.25) is 0 Å². The molecule has 0 saturated carbocycles. The van der Waals surface area contributed by atoms with Gasteiger partial charge in [0.1, 0.15) is 0 Å². The molecule has 2 amide bonds. The molecular weight excluding hydrogens is 540 g/mol. The van der Waals surface area contributed by atoms with Crippen molar-refractivity contribution in [3.8, 4) is 11.5 Å². The quantitative estimate of drug-likeness (QED) is 0.381. The average molecular weight is 563 g/mol. The molecule has 7 nitrogen and oxygen atoms in total. The van der Waals surface area contributed by atoms with Crippen molar-refractivity contribution < 1.29 is 23.8 Å². The van der Waals surface area contributed by atoms with Crippen LogP contribution in [0.25, 0.3) is 6.08 Å². The first kappa shape index (κ1) is 24.7. The molecule has 10 heteroatoms. The number of aryl methyl sites for hydroxylation is 1. The number of rotatable bonds is 6. The van der Waals surface area contributed by atoms with Gasteiger partial charge < -0.3 is 19.1 Å². The predicted octanol–water partition coefficient (Wildman–Crippen LogP) is 4.41. The molecule has 2 heterocycles. The van der Waals surface area contributed by atoms with Crippen LogP contribution in [0.15, 0.2) is 45.8 Å². The Morgan fingerprint density at radius 2 is 1.94 bits per heavy atom. The van der Waals surface area contributed by atoms with E-state index >= 15 is 0 Å². The van der Waals surface area contributed by atoms with E-state index in [0.717, 1.165) is 16.8 Å². The van der Waals surface area contributed by atoms with Crippen molar-refractivity contribution >= 4 is 67.8 Å². The highest BCUT2D eigenvalue weighted by Gasteiger charge is 2.33. The van der Waals surface area contributed by atoms with E-state index in [1.54, 1.807) is 17.0 Å². The molecule has 178 valence electrons. The highest BCUT2D eigenvalue weighted by Crippen LogP contribution is 2.40. The number of carbonyl (C=O) groups excluding carboxylic acids is 2. The molecular formula is C24H23BrN2O5S2. The van der Waals surface area contributed by atoms with Crippen LogP contribution in [0, 0.1) is 6.92 Å². The first-order valence-electron chi connectivity index (χ1n) is 10.6. The molecule has 0 atom stereocenters. The fourth-order valence-corrected chi connectivity index (χ4v) is 5.41. The van der Waals surface area contributed by atoms with Gasteiger partial charge in [0.25, 0.3) is 11.8 Å². The van der Waals surface area contributed by atoms with E-state index in [-0.39, 0.29) is 18.4 Å². The van der Waals surface area contributed by atoms with Gasteiger partial charge in [-0.05, 0) is 58.8 Å². The number of hydrogen-bond donors (Lipinski definition) is 0. The lowest BCUT2D eigenvalue weighted by Crippen LogP contribution is -2.43. The lowest BCUT2D eigenvalue weighted by molar-refractivity contribution is -0.137. The molecule has 2 aliphatic rings. The number of morpholine rings is 1. The number of halogens is 1. The highest BCUT2D eigenvalue weighted by molar-refractivity contribution is 9.10. The Morgan fingerprint density at radius 1 is 1.24 bits per heavy atom. The molecule has 0 spiro atoms. The van der Waals surface area contributed by atoms with Gasteiger partial charge in [-0.15, -0.1) is 0 Å². The van der Waals surface area contributed by atoms with Crippen LogP contribution in [-0.2, 0) is 14.3 Å². The molecule has 2 aromatic rings. The molecule has 34 heavy (non-hydrogen) atoms. The predicted molar refractivity (Wildman–Crippen MR) is 140 cm³/mol. The van der Waals surface area contributed by atoms with Gasteiger partial charge in [0.2, 0.25) is 0 Å². The van der Waals surface area contributed by atoms with Crippen molar-refractivity contribution in [1.29, 1.82) is 0 Å². The van der Waals surface area contributed by atoms with E-state index in [0.29, 0.717) is 51.5 Å². The summed E-state index contributed by atoms with van der Waals surface area (Å²) in [6.45, 7) is 4.06. The fraction of sp³-hybridized carbons (Fsp3) is 0.292. The zero-order valence-corrected chi connectivity index (χ0v) is 21.9. The van der Waals surface area contributed by atoms with Crippen molar-refractivity contribution in [2.45, 2.75) is 6.92 Å². The van der Waals surface area contributed by atoms with Crippen molar-refractivity contribution in [2.24, 2.45) is 0 Å². The summed E-state index contributed by atoms with van der Waals surface area (Å²) in [7, 11) is 1.53. The number of thioether (sulfide) groups is 1. The SMILES string of the molecule is COc1cc(/C=C2\SC(=S)N(c3ccc(C)cc3)C2=O)cc(Br)c1OCC(=O)N1CCOCC1. The Bertz CT molecular complexity index is 1150. The van der Waals surface area contributed by atoms with Crippen LogP contribution in [0.5, 0.6) is 11.5 Å². The Labute approximate surface area is 216 Å². The first-order valence-corrected chi connectivity index (χ1v) is 12.6. The van der Waals surface area contributed by atoms with Gasteiger partial charge in [0.05, 0.1) is 35.4 Å². The van der Waals surface area contributed by atoms with Crippen LogP contribution < -0.4 is 14.4 Å². The van der Waals surface area contributed by atoms with Crippen molar-refractivity contribution in [3.05, 3.63) is 56.9 Å². The second-order valence-electron chi connectivity index (χ2n) is 7.67. The Hall–Kier alpha value is -2.40. The van der Waals surface area contributed by atoms with E-state index in [2.05, 4.69) is 15.9 Å². The molecule has 0 aromatic heterocycles. The Kier molecular flexibility index (Phi) is 7.92. The summed E-state index contributed by atoms with van der Waals surface area (Å²) in [5.74, 6) is 0.587. The summed E-state index contributed by atoms with van der Waals surface area (Å²) in [6.07, 6.45) is 1.77. The molecule has 0 bridgehead atoms. The minimum atomic E-state index is -0.176. The van der Waals surface area contributed by atoms with Gasteiger partial charge in [-0.25, -0.2) is 0 Å². The largest absolute Gasteiger partial charge is 0.493 e. The van der Waals surface area contributed by atoms with Gasteiger partial charge in [-0.3, -0.25) is 14.5 Å². The number of methoxy groups -OCH3 is 1. The molecule has 2 aliphatic heterocycles. The number of carbonyl (C=O) groups is 2. The third-order valence-corrected chi connectivity index (χ3v) is 7.23. The number of hydrogen-bond acceptors (Lipinski definition) is 7. The number of nitrogens with zero attached hydrogens (tertiary/aromatic N) is 2. The minimum absolute atomic E-state index is 0.108. The summed E-state index contributed by atoms with van der Waals surface area (Å²) in [6, 6.07) is 11.2. The number of thiocarbonyl (C=S) groups is 1. The highest BCUT2D eigenvalue weighted by atomic mass is 79.9. The van der Waals surface area contributed by atoms with Crippen LogP contribution >= 0.6 is 39.9 Å². The molecule has 0 unspecified atom stereocenters. The van der Waals surface area contributed by atoms with Gasteiger partial charge in [-0.2, -0.15) is 0 Å². The summed E-state index contributed by atoms with van der Waals surface area (Å²) in [5, 5.41) is 0. The van der Waals surface area contributed by atoms with E-state index < -0.39 is 0 Å². The van der Waals surface area contributed by atoms with Gasteiger partial charge >= 0.3 is 0 Å². The van der Waals surface area contributed by atoms with E-state index in [4.69, 9.17) is 26.4 Å². The molecule has 0 aliphatic carbocycles. The van der Waals surface area contributed by atoms with Gasteiger partial charge in [0.15, 0.2) is 22.4 Å². The van der Waals surface area contributed by atoms with Gasteiger partial charge in [0, 0.05) is 13.1 Å². The van der Waals surface area contributed by atoms with Crippen LogP contribution in [-0.4, -0.2) is 61.1 Å². The number of ether oxygens (including phenoxy) is 3. The number of anilines is 1. The van der Waals surface area contributed by atoms with Crippen LogP contribution in [0.3, 0.4) is 0 Å². The maximum absolute atomic E-state index is 13.1. The smallest absolute Gasteiger partial charge is 0.270 e. The summed E-state index contributed by atoms with van der Waals surface area (Å²) in [5.41, 5.74) is 2.58. The Morgan fingerprint density at radius 3 is 2.62 bits per heavy atom. The minimum Gasteiger partial charge on any atom is -0.493 e. The molecule has 2 fully saturated rings. The molecule has 2 saturated heterocycles. The second-order valence-corrected chi connectivity index (χ2v) is 10.2. The van der Waals surface area contributed by atoms with E-state index in [9.17, 15) is 9.59 Å². The van der Waals surface area contributed by atoms with Crippen LogP contribution in [0.4, 0.5) is 5.69 Å². The lowest BCUT2D eigenvalue weighted by atomic mass is 10.1. The Balaban J connectivity index is 1.52. The fourth-order valence-electron chi connectivity index (χ4n) is 3.54. The molecule has 0 N–H and O–H groups in total. The van der Waals surface area contributed by atoms with Crippen LogP contribution in [0.1, 0.15) is 11.1 Å². The summed E-state index contributed by atoms with van der Waals surface area (Å²) >= 11 is 10.2. The average Bonchev–Trinajstić information content (AvgIpc) is 3.11. The van der Waals surface area contributed by atoms with E-state index in [1.807, 2.05) is 37.3 Å². The number of amides is 2. The zero-order valence-electron chi connectivity index (χ0n) is 18.7. The number of benzene rings is 2. The van der Waals surface area contributed by atoms with E-state index in [1.165, 1.54) is 23.8 Å². The lowest BCUT2D eigenvalue weighted by Gasteiger charge is -2.27. The van der Waals surface area contributed by atoms with Gasteiger partial charge in [-0.1, -0.05) is 41.7 Å². The maximum atomic E-state index is 13.1. The third-order valence-electron chi connectivity index (χ3n) is 5.34. The maximum Gasteiger partial charge on any atom is 0.270 e. The second kappa shape index (κ2) is 10.9. The normalized spacial score (nSPS) is 17.4.